The molecule has 1 nitrogen and oxygen atoms in total. The molecule has 1 heteroatoms. The molecule has 14 heavy (non-hydrogen) atoms. The van der Waals surface area contributed by atoms with Gasteiger partial charge in [-0.25, -0.2) is 0 Å². The summed E-state index contributed by atoms with van der Waals surface area (Å²) in [6.07, 6.45) is 10.3. The van der Waals surface area contributed by atoms with Crippen LogP contribution in [0.5, 0.6) is 0 Å². The Morgan fingerprint density at radius 1 is 0.929 bits per heavy atom. The van der Waals surface area contributed by atoms with Crippen LogP contribution in [0.2, 0.25) is 0 Å². The van der Waals surface area contributed by atoms with Gasteiger partial charge in [-0.05, 0) is 44.2 Å². The number of hydrogen-bond donors (Lipinski definition) is 0. The summed E-state index contributed by atoms with van der Waals surface area (Å²) in [6, 6.07) is 0. The Balaban J connectivity index is 1.76. The molecule has 0 bridgehead atoms. The van der Waals surface area contributed by atoms with Gasteiger partial charge in [0.25, 0.3) is 0 Å². The van der Waals surface area contributed by atoms with Crippen LogP contribution in [0.15, 0.2) is 0 Å². The van der Waals surface area contributed by atoms with Crippen LogP contribution >= 0.6 is 0 Å². The summed E-state index contributed by atoms with van der Waals surface area (Å²) in [5, 5.41) is 0. The lowest BCUT2D eigenvalue weighted by Gasteiger charge is -2.35. The molecule has 1 heterocycles. The van der Waals surface area contributed by atoms with E-state index < -0.39 is 0 Å². The van der Waals surface area contributed by atoms with Crippen LogP contribution in [0.3, 0.4) is 0 Å². The molecule has 0 aromatic heterocycles. The van der Waals surface area contributed by atoms with Crippen molar-refractivity contribution in [3.05, 3.63) is 0 Å². The van der Waals surface area contributed by atoms with Gasteiger partial charge in [-0.3, -0.25) is 0 Å². The van der Waals surface area contributed by atoms with Gasteiger partial charge in [0.1, 0.15) is 0 Å². The Hall–Kier alpha value is -0.0400. The van der Waals surface area contributed by atoms with Crippen molar-refractivity contribution in [3.8, 4) is 0 Å². The molecule has 0 N–H and O–H groups in total. The fourth-order valence-electron chi connectivity index (χ4n) is 3.14. The van der Waals surface area contributed by atoms with Crippen molar-refractivity contribution in [2.75, 3.05) is 19.6 Å². The highest BCUT2D eigenvalue weighted by Crippen LogP contribution is 2.30. The molecular weight excluding hydrogens is 170 g/mol. The molecule has 1 saturated heterocycles. The summed E-state index contributed by atoms with van der Waals surface area (Å²) in [5.74, 6) is 2.01. The highest BCUT2D eigenvalue weighted by Gasteiger charge is 2.23. The van der Waals surface area contributed by atoms with E-state index in [1.807, 2.05) is 0 Å². The zero-order valence-corrected chi connectivity index (χ0v) is 9.67. The molecule has 1 unspecified atom stereocenters. The van der Waals surface area contributed by atoms with E-state index >= 15 is 0 Å². The maximum absolute atomic E-state index is 2.72. The molecule has 0 amide bonds. The third-order valence-electron chi connectivity index (χ3n) is 4.23. The van der Waals surface area contributed by atoms with E-state index in [0.29, 0.717) is 0 Å². The second kappa shape index (κ2) is 5.16. The van der Waals surface area contributed by atoms with Gasteiger partial charge in [-0.2, -0.15) is 0 Å². The van der Waals surface area contributed by atoms with Crippen molar-refractivity contribution in [2.45, 2.75) is 51.9 Å². The molecule has 1 saturated carbocycles. The van der Waals surface area contributed by atoms with E-state index in [1.54, 1.807) is 0 Å². The highest BCUT2D eigenvalue weighted by molar-refractivity contribution is 4.76. The lowest BCUT2D eigenvalue weighted by Crippen LogP contribution is -2.37. The standard InChI is InChI=1S/C13H25N/c1-12-7-3-4-8-13(12)11-14-9-5-2-6-10-14/h12-13H,2-11H2,1H3/t12?,13-/m0/s1. The van der Waals surface area contributed by atoms with Crippen molar-refractivity contribution >= 4 is 0 Å². The Morgan fingerprint density at radius 2 is 1.64 bits per heavy atom. The number of likely N-dealkylation sites (tertiary alicyclic amines) is 1. The van der Waals surface area contributed by atoms with Crippen LogP contribution in [0.4, 0.5) is 0 Å². The Bertz CT molecular complexity index is 161. The Labute approximate surface area is 88.9 Å². The average Bonchev–Trinajstić information content (AvgIpc) is 2.23. The van der Waals surface area contributed by atoms with Gasteiger partial charge in [-0.1, -0.05) is 32.6 Å². The SMILES string of the molecule is CC1CCCC[C@H]1CN1CCCCC1. The smallest absolute Gasteiger partial charge is 0.00122 e. The molecule has 1 aliphatic heterocycles. The molecule has 0 spiro atoms. The quantitative estimate of drug-likeness (QED) is 0.653. The van der Waals surface area contributed by atoms with Crippen LogP contribution in [-0.2, 0) is 0 Å². The van der Waals surface area contributed by atoms with Gasteiger partial charge in [-0.15, -0.1) is 0 Å². The molecule has 2 atom stereocenters. The van der Waals surface area contributed by atoms with Crippen molar-refractivity contribution < 1.29 is 0 Å². The monoisotopic (exact) mass is 195 g/mol. The summed E-state index contributed by atoms with van der Waals surface area (Å²) >= 11 is 0. The molecule has 2 aliphatic rings. The minimum Gasteiger partial charge on any atom is -0.303 e. The van der Waals surface area contributed by atoms with Gasteiger partial charge in [0.15, 0.2) is 0 Å². The topological polar surface area (TPSA) is 3.24 Å². The largest absolute Gasteiger partial charge is 0.303 e. The fourth-order valence-corrected chi connectivity index (χ4v) is 3.14. The van der Waals surface area contributed by atoms with E-state index in [1.165, 1.54) is 64.6 Å². The molecule has 1 aliphatic carbocycles. The number of piperidine rings is 1. The second-order valence-electron chi connectivity index (χ2n) is 5.38. The zero-order chi connectivity index (χ0) is 9.80. The predicted molar refractivity (Wildman–Crippen MR) is 61.4 cm³/mol. The molecule has 82 valence electrons. The second-order valence-corrected chi connectivity index (χ2v) is 5.38. The number of rotatable bonds is 2. The molecule has 2 rings (SSSR count). The summed E-state index contributed by atoms with van der Waals surface area (Å²) in [6.45, 7) is 6.63. The van der Waals surface area contributed by atoms with Crippen LogP contribution in [0, 0.1) is 11.8 Å². The molecule has 0 radical (unpaired) electrons. The van der Waals surface area contributed by atoms with E-state index in [9.17, 15) is 0 Å². The summed E-state index contributed by atoms with van der Waals surface area (Å²) in [5.41, 5.74) is 0. The maximum Gasteiger partial charge on any atom is 0.00122 e. The Kier molecular flexibility index (Phi) is 3.86. The van der Waals surface area contributed by atoms with Gasteiger partial charge >= 0.3 is 0 Å². The minimum atomic E-state index is 0.991. The van der Waals surface area contributed by atoms with E-state index in [4.69, 9.17) is 0 Å². The van der Waals surface area contributed by atoms with Crippen LogP contribution in [0.25, 0.3) is 0 Å². The first kappa shape index (κ1) is 10.5. The first-order valence-electron chi connectivity index (χ1n) is 6.58. The van der Waals surface area contributed by atoms with Crippen LogP contribution in [-0.4, -0.2) is 24.5 Å². The average molecular weight is 195 g/mol. The molecular formula is C13H25N. The molecule has 0 aromatic carbocycles. The van der Waals surface area contributed by atoms with Gasteiger partial charge in [0, 0.05) is 6.54 Å². The third-order valence-corrected chi connectivity index (χ3v) is 4.23. The van der Waals surface area contributed by atoms with Crippen LogP contribution in [0.1, 0.15) is 51.9 Å². The zero-order valence-electron chi connectivity index (χ0n) is 9.67. The minimum absolute atomic E-state index is 0.991. The maximum atomic E-state index is 2.72. The fraction of sp³-hybridized carbons (Fsp3) is 1.00. The van der Waals surface area contributed by atoms with Crippen molar-refractivity contribution in [2.24, 2.45) is 11.8 Å². The first-order valence-corrected chi connectivity index (χ1v) is 6.58. The number of nitrogens with zero attached hydrogens (tertiary/aromatic N) is 1. The molecule has 2 fully saturated rings. The van der Waals surface area contributed by atoms with E-state index in [2.05, 4.69) is 11.8 Å². The normalized spacial score (nSPS) is 35.8. The lowest BCUT2D eigenvalue weighted by atomic mass is 9.80. The lowest BCUT2D eigenvalue weighted by molar-refractivity contribution is 0.142. The van der Waals surface area contributed by atoms with Crippen LogP contribution < -0.4 is 0 Å². The van der Waals surface area contributed by atoms with Crippen molar-refractivity contribution in [3.63, 3.8) is 0 Å². The van der Waals surface area contributed by atoms with Crippen molar-refractivity contribution in [1.82, 2.24) is 4.90 Å². The van der Waals surface area contributed by atoms with Gasteiger partial charge in [0.05, 0.1) is 0 Å². The summed E-state index contributed by atoms with van der Waals surface area (Å²) in [7, 11) is 0. The summed E-state index contributed by atoms with van der Waals surface area (Å²) in [4.78, 5) is 2.72. The molecule has 0 aromatic rings. The Morgan fingerprint density at radius 3 is 2.36 bits per heavy atom. The summed E-state index contributed by atoms with van der Waals surface area (Å²) < 4.78 is 0. The van der Waals surface area contributed by atoms with E-state index in [-0.39, 0.29) is 0 Å². The first-order chi connectivity index (χ1) is 6.86. The van der Waals surface area contributed by atoms with Gasteiger partial charge in [0.2, 0.25) is 0 Å². The van der Waals surface area contributed by atoms with E-state index in [0.717, 1.165) is 11.8 Å². The van der Waals surface area contributed by atoms with Crippen molar-refractivity contribution in [1.29, 1.82) is 0 Å². The van der Waals surface area contributed by atoms with Gasteiger partial charge < -0.3 is 4.90 Å². The third kappa shape index (κ3) is 2.73. The number of hydrogen-bond acceptors (Lipinski definition) is 1. The predicted octanol–water partition coefficient (Wildman–Crippen LogP) is 3.30. The highest BCUT2D eigenvalue weighted by atomic mass is 15.1.